The molecule has 0 spiro atoms. The number of nitrogens with zero attached hydrogens (tertiary/aromatic N) is 2. The van der Waals surface area contributed by atoms with Crippen LogP contribution in [0.5, 0.6) is 17.2 Å². The molecule has 12 heteroatoms. The Morgan fingerprint density at radius 3 is 2.41 bits per heavy atom. The van der Waals surface area contributed by atoms with Crippen molar-refractivity contribution in [3.63, 3.8) is 0 Å². The summed E-state index contributed by atoms with van der Waals surface area (Å²) in [5.41, 5.74) is 12.5. The van der Waals surface area contributed by atoms with Gasteiger partial charge < -0.3 is 30.0 Å². The lowest BCUT2D eigenvalue weighted by Crippen LogP contribution is -2.25. The normalized spacial score (nSPS) is 14.9. The van der Waals surface area contributed by atoms with E-state index in [0.717, 1.165) is 59.3 Å². The van der Waals surface area contributed by atoms with Crippen molar-refractivity contribution in [2.75, 3.05) is 32.5 Å². The molecule has 0 aliphatic carbocycles. The Kier molecular flexibility index (Phi) is 11.8. The molecule has 5 rings (SSSR count). The van der Waals surface area contributed by atoms with Gasteiger partial charge in [-0.05, 0) is 79.3 Å². The van der Waals surface area contributed by atoms with E-state index in [1.165, 1.54) is 12.3 Å². The summed E-state index contributed by atoms with van der Waals surface area (Å²) < 4.78 is 42.3. The van der Waals surface area contributed by atoms with Gasteiger partial charge in [0, 0.05) is 55.5 Å². The predicted molar refractivity (Wildman–Crippen MR) is 189 cm³/mol. The number of pyridine rings is 1. The highest BCUT2D eigenvalue weighted by Crippen LogP contribution is 2.36. The average molecular weight is 708 g/mol. The number of benzene rings is 3. The number of likely N-dealkylation sites (tertiary alicyclic amines) is 1. The number of sulfone groups is 1. The van der Waals surface area contributed by atoms with Crippen LogP contribution in [-0.2, 0) is 34.4 Å². The molecule has 0 radical (unpaired) electrons. The van der Waals surface area contributed by atoms with Gasteiger partial charge in [0.25, 0.3) is 0 Å². The first-order valence-corrected chi connectivity index (χ1v) is 18.4. The summed E-state index contributed by atoms with van der Waals surface area (Å²) in [4.78, 5) is 17.6. The van der Waals surface area contributed by atoms with E-state index in [2.05, 4.69) is 35.9 Å². The average Bonchev–Trinajstić information content (AvgIpc) is 3.56. The Morgan fingerprint density at radius 2 is 1.69 bits per heavy atom. The fraction of sp³-hybridized carbons (Fsp3) is 0.351. The van der Waals surface area contributed by atoms with Crippen LogP contribution in [0.25, 0.3) is 11.1 Å². The van der Waals surface area contributed by atoms with Gasteiger partial charge in [-0.15, -0.1) is 0 Å². The SMILES string of the molecule is Cc1c(COc2cc(OCc3cncc(S(C)(=O)=O)c3)c(CN)cc2Cl)cccc1-c1cccc(OCCCN2CC[C@@H](C(=O)O)C2)c1C. The summed E-state index contributed by atoms with van der Waals surface area (Å²) in [6.45, 7) is 7.42. The molecular formula is C37H42ClN3O7S. The molecule has 1 aliphatic heterocycles. The number of hydrogen-bond acceptors (Lipinski definition) is 9. The second-order valence-electron chi connectivity index (χ2n) is 12.3. The molecule has 0 saturated carbocycles. The van der Waals surface area contributed by atoms with E-state index < -0.39 is 15.8 Å². The number of aromatic nitrogens is 1. The third-order valence-corrected chi connectivity index (χ3v) is 10.2. The smallest absolute Gasteiger partial charge is 0.307 e. The largest absolute Gasteiger partial charge is 0.493 e. The predicted octanol–water partition coefficient (Wildman–Crippen LogP) is 6.21. The molecule has 3 aromatic carbocycles. The van der Waals surface area contributed by atoms with Crippen LogP contribution < -0.4 is 19.9 Å². The molecule has 10 nitrogen and oxygen atoms in total. The zero-order valence-electron chi connectivity index (χ0n) is 27.9. The van der Waals surface area contributed by atoms with Crippen molar-refractivity contribution in [2.24, 2.45) is 11.7 Å². The van der Waals surface area contributed by atoms with Crippen LogP contribution in [0.1, 0.15) is 40.7 Å². The van der Waals surface area contributed by atoms with Crippen LogP contribution in [0.4, 0.5) is 0 Å². The third kappa shape index (κ3) is 9.10. The van der Waals surface area contributed by atoms with Gasteiger partial charge in [0.2, 0.25) is 0 Å². The summed E-state index contributed by atoms with van der Waals surface area (Å²) in [5, 5.41) is 9.65. The molecule has 1 saturated heterocycles. The van der Waals surface area contributed by atoms with E-state index in [9.17, 15) is 18.3 Å². The van der Waals surface area contributed by atoms with E-state index >= 15 is 0 Å². The number of halogens is 1. The van der Waals surface area contributed by atoms with Gasteiger partial charge >= 0.3 is 5.97 Å². The number of carboxylic acid groups (broad SMARTS) is 1. The first-order valence-electron chi connectivity index (χ1n) is 16.1. The topological polar surface area (TPSA) is 141 Å². The number of ether oxygens (including phenoxy) is 3. The van der Waals surface area contributed by atoms with Crippen LogP contribution in [0, 0.1) is 19.8 Å². The third-order valence-electron chi connectivity index (χ3n) is 8.83. The first kappa shape index (κ1) is 36.1. The molecule has 1 atom stereocenters. The minimum Gasteiger partial charge on any atom is -0.493 e. The quantitative estimate of drug-likeness (QED) is 0.137. The lowest BCUT2D eigenvalue weighted by atomic mass is 9.93. The number of carbonyl (C=O) groups is 1. The van der Waals surface area contributed by atoms with Crippen LogP contribution in [0.2, 0.25) is 5.02 Å². The highest BCUT2D eigenvalue weighted by molar-refractivity contribution is 7.90. The van der Waals surface area contributed by atoms with Gasteiger partial charge in [-0.3, -0.25) is 9.78 Å². The fourth-order valence-electron chi connectivity index (χ4n) is 5.94. The molecule has 1 aromatic heterocycles. The minimum absolute atomic E-state index is 0.0827. The lowest BCUT2D eigenvalue weighted by Gasteiger charge is -2.18. The number of aliphatic carboxylic acids is 1. The maximum Gasteiger partial charge on any atom is 0.307 e. The Bertz CT molecular complexity index is 1920. The van der Waals surface area contributed by atoms with Crippen molar-refractivity contribution in [2.45, 2.75) is 51.3 Å². The molecule has 0 unspecified atom stereocenters. The van der Waals surface area contributed by atoms with Gasteiger partial charge in [0.1, 0.15) is 30.5 Å². The van der Waals surface area contributed by atoms with Gasteiger partial charge in [0.15, 0.2) is 9.84 Å². The van der Waals surface area contributed by atoms with E-state index in [-0.39, 0.29) is 30.6 Å². The van der Waals surface area contributed by atoms with Crippen molar-refractivity contribution in [1.29, 1.82) is 0 Å². The molecule has 1 fully saturated rings. The molecule has 260 valence electrons. The summed E-state index contributed by atoms with van der Waals surface area (Å²) in [5.74, 6) is 0.748. The molecule has 2 heterocycles. The standard InChI is InChI=1S/C37H42ClN3O7S/c1-24-28(23-48-36-17-35(29(18-39)16-33(36)38)47-22-26-15-30(20-40-19-26)49(3,44)45)7-4-8-31(24)32-9-5-10-34(25(32)2)46-14-6-12-41-13-11-27(21-41)37(42)43/h4-5,7-10,15-17,19-20,27H,6,11-14,18,21-23,39H2,1-3H3,(H,42,43)/t27-/m1/s1. The number of nitrogens with two attached hydrogens (primary N) is 1. The van der Waals surface area contributed by atoms with E-state index in [1.54, 1.807) is 18.3 Å². The number of hydrogen-bond donors (Lipinski definition) is 2. The zero-order chi connectivity index (χ0) is 35.1. The fourth-order valence-corrected chi connectivity index (χ4v) is 6.80. The van der Waals surface area contributed by atoms with Gasteiger partial charge in [0.05, 0.1) is 22.4 Å². The van der Waals surface area contributed by atoms with E-state index in [1.807, 2.05) is 24.3 Å². The highest BCUT2D eigenvalue weighted by atomic mass is 35.5. The summed E-state index contributed by atoms with van der Waals surface area (Å²) in [6.07, 6.45) is 5.51. The molecule has 3 N–H and O–H groups in total. The molecule has 49 heavy (non-hydrogen) atoms. The van der Waals surface area contributed by atoms with Crippen molar-refractivity contribution >= 4 is 27.4 Å². The lowest BCUT2D eigenvalue weighted by molar-refractivity contribution is -0.141. The Morgan fingerprint density at radius 1 is 0.959 bits per heavy atom. The molecular weight excluding hydrogens is 666 g/mol. The van der Waals surface area contributed by atoms with E-state index in [4.69, 9.17) is 31.5 Å². The minimum atomic E-state index is -3.40. The van der Waals surface area contributed by atoms with Gasteiger partial charge in [-0.2, -0.15) is 0 Å². The molecule has 4 aromatic rings. The maximum atomic E-state index is 11.9. The van der Waals surface area contributed by atoms with Crippen molar-refractivity contribution in [1.82, 2.24) is 9.88 Å². The van der Waals surface area contributed by atoms with Crippen molar-refractivity contribution in [3.05, 3.63) is 99.8 Å². The zero-order valence-corrected chi connectivity index (χ0v) is 29.5. The van der Waals surface area contributed by atoms with Crippen LogP contribution >= 0.6 is 11.6 Å². The second kappa shape index (κ2) is 16.0. The number of carboxylic acids is 1. The first-order chi connectivity index (χ1) is 23.4. The highest BCUT2D eigenvalue weighted by Gasteiger charge is 2.27. The Hall–Kier alpha value is -4.16. The summed E-state index contributed by atoms with van der Waals surface area (Å²) >= 11 is 6.59. The summed E-state index contributed by atoms with van der Waals surface area (Å²) in [7, 11) is -3.40. The van der Waals surface area contributed by atoms with Gasteiger partial charge in [-0.25, -0.2) is 8.42 Å². The number of rotatable bonds is 15. The van der Waals surface area contributed by atoms with Crippen LogP contribution in [0.3, 0.4) is 0 Å². The molecule has 1 aliphatic rings. The second-order valence-corrected chi connectivity index (χ2v) is 14.7. The summed E-state index contributed by atoms with van der Waals surface area (Å²) in [6, 6.07) is 17.1. The Balaban J connectivity index is 1.25. The van der Waals surface area contributed by atoms with Gasteiger partial charge in [-0.1, -0.05) is 41.9 Å². The molecule has 0 amide bonds. The van der Waals surface area contributed by atoms with Crippen molar-refractivity contribution < 1.29 is 32.5 Å². The van der Waals surface area contributed by atoms with Crippen LogP contribution in [-0.4, -0.2) is 61.9 Å². The van der Waals surface area contributed by atoms with Crippen LogP contribution in [0.15, 0.2) is 71.9 Å². The maximum absolute atomic E-state index is 11.9. The monoisotopic (exact) mass is 707 g/mol. The molecule has 0 bridgehead atoms. The van der Waals surface area contributed by atoms with E-state index in [0.29, 0.717) is 47.2 Å². The van der Waals surface area contributed by atoms with Crippen molar-refractivity contribution in [3.8, 4) is 28.4 Å². The Labute approximate surface area is 292 Å².